The van der Waals surface area contributed by atoms with Gasteiger partial charge in [-0.15, -0.1) is 0 Å². The van der Waals surface area contributed by atoms with E-state index in [1.165, 1.54) is 22.2 Å². The first-order valence-corrected chi connectivity index (χ1v) is 9.72. The van der Waals surface area contributed by atoms with E-state index in [4.69, 9.17) is 4.42 Å². The number of nitrogens with zero attached hydrogens (tertiary/aromatic N) is 2. The number of carbonyl (C=O) groups excluding carboxylic acids is 1. The topological polar surface area (TPSA) is 45.8 Å². The van der Waals surface area contributed by atoms with Crippen molar-refractivity contribution in [3.63, 3.8) is 0 Å². The lowest BCUT2D eigenvalue weighted by molar-refractivity contribution is -0.113. The third-order valence-corrected chi connectivity index (χ3v) is 4.97. The summed E-state index contributed by atoms with van der Waals surface area (Å²) in [6.07, 6.45) is 2.70. The molecule has 0 radical (unpaired) electrons. The molecule has 1 heterocycles. The fraction of sp³-hybridized carbons (Fsp3) is 0.130. The summed E-state index contributed by atoms with van der Waals surface area (Å²) in [4.78, 5) is 18.3. The molecule has 0 saturated carbocycles. The first-order chi connectivity index (χ1) is 13.5. The molecule has 0 saturated heterocycles. The number of hydrogen-bond acceptors (Lipinski definition) is 4. The summed E-state index contributed by atoms with van der Waals surface area (Å²) < 4.78 is 5.97. The Kier molecular flexibility index (Phi) is 6.50. The first-order valence-electron chi connectivity index (χ1n) is 8.90. The minimum atomic E-state index is 0.598. The summed E-state index contributed by atoms with van der Waals surface area (Å²) in [6.45, 7) is 4.03. The number of allylic oxidation sites excluding steroid dienone is 1. The molecule has 0 fully saturated rings. The van der Waals surface area contributed by atoms with Crippen LogP contribution in [0.5, 0.6) is 0 Å². The van der Waals surface area contributed by atoms with Gasteiger partial charge in [-0.05, 0) is 55.2 Å². The zero-order valence-corrected chi connectivity index (χ0v) is 16.9. The third kappa shape index (κ3) is 5.24. The van der Waals surface area contributed by atoms with Gasteiger partial charge in [0, 0.05) is 12.6 Å². The normalized spacial score (nSPS) is 12.1. The van der Waals surface area contributed by atoms with Crippen molar-refractivity contribution in [3.8, 4) is 11.3 Å². The molecule has 4 nitrogen and oxygen atoms in total. The average Bonchev–Trinajstić information content (AvgIpc) is 3.16. The number of amides is 1. The zero-order valence-electron chi connectivity index (χ0n) is 16.1. The number of furan rings is 1. The van der Waals surface area contributed by atoms with Crippen LogP contribution in [0.15, 0.2) is 81.0 Å². The van der Waals surface area contributed by atoms with E-state index in [-0.39, 0.29) is 0 Å². The van der Waals surface area contributed by atoms with Gasteiger partial charge in [-0.1, -0.05) is 53.7 Å². The van der Waals surface area contributed by atoms with Crippen LogP contribution in [-0.2, 0) is 4.79 Å². The molecule has 0 aliphatic rings. The second kappa shape index (κ2) is 9.24. The van der Waals surface area contributed by atoms with Crippen molar-refractivity contribution in [1.82, 2.24) is 4.90 Å². The van der Waals surface area contributed by atoms with Gasteiger partial charge in [0.05, 0.1) is 5.69 Å². The van der Waals surface area contributed by atoms with E-state index < -0.39 is 0 Å². The van der Waals surface area contributed by atoms with Gasteiger partial charge in [0.2, 0.25) is 6.41 Å². The highest BCUT2D eigenvalue weighted by Gasteiger charge is 2.10. The molecule has 1 amide bonds. The Labute approximate surface area is 169 Å². The maximum Gasteiger partial charge on any atom is 0.215 e. The van der Waals surface area contributed by atoms with Crippen LogP contribution < -0.4 is 0 Å². The highest BCUT2D eigenvalue weighted by atomic mass is 32.2. The summed E-state index contributed by atoms with van der Waals surface area (Å²) in [5, 5.41) is 0.598. The Morgan fingerprint density at radius 3 is 2.57 bits per heavy atom. The molecule has 0 spiro atoms. The highest BCUT2D eigenvalue weighted by Crippen LogP contribution is 2.27. The largest absolute Gasteiger partial charge is 0.457 e. The molecule has 2 aromatic carbocycles. The lowest BCUT2D eigenvalue weighted by Gasteiger charge is -2.13. The number of benzene rings is 2. The Balaban J connectivity index is 1.80. The Hall–Kier alpha value is -3.05. The number of aliphatic imine (C=N–C) groups is 1. The second-order valence-electron chi connectivity index (χ2n) is 6.37. The van der Waals surface area contributed by atoms with Gasteiger partial charge in [0.15, 0.2) is 5.17 Å². The molecule has 0 aliphatic carbocycles. The second-order valence-corrected chi connectivity index (χ2v) is 7.59. The van der Waals surface area contributed by atoms with E-state index in [2.05, 4.69) is 24.0 Å². The van der Waals surface area contributed by atoms with E-state index >= 15 is 0 Å². The van der Waals surface area contributed by atoms with Crippen LogP contribution in [0.3, 0.4) is 0 Å². The molecule has 5 heteroatoms. The maximum atomic E-state index is 11.3. The number of hydrogen-bond donors (Lipinski definition) is 0. The number of carbonyl (C=O) groups is 1. The third-order valence-electron chi connectivity index (χ3n) is 3.97. The SMILES string of the molecule is C/C(=C/c1ccc(-c2cccc(C)c2)o1)SC(=Nc1ccccc1)N(C)C=O. The molecule has 142 valence electrons. The molecule has 0 atom stereocenters. The van der Waals surface area contributed by atoms with E-state index in [0.717, 1.165) is 34.1 Å². The lowest BCUT2D eigenvalue weighted by Crippen LogP contribution is -2.21. The predicted octanol–water partition coefficient (Wildman–Crippen LogP) is 6.12. The zero-order chi connectivity index (χ0) is 19.9. The van der Waals surface area contributed by atoms with Gasteiger partial charge < -0.3 is 4.42 Å². The molecular weight excluding hydrogens is 368 g/mol. The molecule has 0 aliphatic heterocycles. The first kappa shape index (κ1) is 19.7. The van der Waals surface area contributed by atoms with Gasteiger partial charge >= 0.3 is 0 Å². The minimum Gasteiger partial charge on any atom is -0.457 e. The Morgan fingerprint density at radius 2 is 1.86 bits per heavy atom. The summed E-state index contributed by atoms with van der Waals surface area (Å²) in [5.74, 6) is 1.59. The van der Waals surface area contributed by atoms with E-state index in [9.17, 15) is 4.79 Å². The van der Waals surface area contributed by atoms with Crippen molar-refractivity contribution in [2.45, 2.75) is 13.8 Å². The summed E-state index contributed by atoms with van der Waals surface area (Å²) in [7, 11) is 1.69. The quantitative estimate of drug-likeness (QED) is 0.299. The van der Waals surface area contributed by atoms with Gasteiger partial charge in [0.1, 0.15) is 11.5 Å². The van der Waals surface area contributed by atoms with Crippen LogP contribution in [0.4, 0.5) is 5.69 Å². The number of aryl methyl sites for hydroxylation is 1. The fourth-order valence-electron chi connectivity index (χ4n) is 2.59. The van der Waals surface area contributed by atoms with Crippen molar-refractivity contribution in [2.75, 3.05) is 7.05 Å². The van der Waals surface area contributed by atoms with Crippen molar-refractivity contribution >= 4 is 35.1 Å². The van der Waals surface area contributed by atoms with E-state index in [1.807, 2.05) is 67.6 Å². The van der Waals surface area contributed by atoms with Crippen molar-refractivity contribution in [1.29, 1.82) is 0 Å². The Morgan fingerprint density at radius 1 is 1.07 bits per heavy atom. The number of thioether (sulfide) groups is 1. The van der Waals surface area contributed by atoms with E-state index in [0.29, 0.717) is 5.17 Å². The summed E-state index contributed by atoms with van der Waals surface area (Å²) in [5.41, 5.74) is 3.04. The lowest BCUT2D eigenvalue weighted by atomic mass is 10.1. The summed E-state index contributed by atoms with van der Waals surface area (Å²) in [6, 6.07) is 21.7. The van der Waals surface area contributed by atoms with E-state index in [1.54, 1.807) is 7.05 Å². The Bertz CT molecular complexity index is 1010. The van der Waals surface area contributed by atoms with Gasteiger partial charge in [0.25, 0.3) is 0 Å². The van der Waals surface area contributed by atoms with Crippen LogP contribution >= 0.6 is 11.8 Å². The van der Waals surface area contributed by atoms with Gasteiger partial charge in [-0.3, -0.25) is 9.69 Å². The van der Waals surface area contributed by atoms with Gasteiger partial charge in [-0.25, -0.2) is 4.99 Å². The average molecular weight is 391 g/mol. The molecule has 0 N–H and O–H groups in total. The number of para-hydroxylation sites is 1. The van der Waals surface area contributed by atoms with Crippen LogP contribution in [0, 0.1) is 6.92 Å². The van der Waals surface area contributed by atoms with Crippen LogP contribution in [0.2, 0.25) is 0 Å². The number of amidine groups is 1. The molecular formula is C23H22N2O2S. The van der Waals surface area contributed by atoms with Gasteiger partial charge in [-0.2, -0.15) is 0 Å². The smallest absolute Gasteiger partial charge is 0.215 e. The fourth-order valence-corrected chi connectivity index (χ4v) is 3.39. The monoisotopic (exact) mass is 390 g/mol. The van der Waals surface area contributed by atoms with Crippen molar-refractivity contribution < 1.29 is 9.21 Å². The van der Waals surface area contributed by atoms with Crippen LogP contribution in [0.1, 0.15) is 18.2 Å². The van der Waals surface area contributed by atoms with Crippen LogP contribution in [0.25, 0.3) is 17.4 Å². The predicted molar refractivity (Wildman–Crippen MR) is 117 cm³/mol. The molecule has 0 unspecified atom stereocenters. The highest BCUT2D eigenvalue weighted by molar-refractivity contribution is 8.17. The number of rotatable bonds is 5. The minimum absolute atomic E-state index is 0.598. The molecule has 1 aromatic heterocycles. The molecule has 3 rings (SSSR count). The standard InChI is InChI=1S/C23H22N2O2S/c1-17-8-7-9-19(14-17)22-13-12-21(27-22)15-18(2)28-23(25(3)16-26)24-20-10-5-4-6-11-20/h4-16H,1-3H3/b18-15-,24-23?. The molecule has 3 aromatic rings. The molecule has 0 bridgehead atoms. The van der Waals surface area contributed by atoms with Crippen molar-refractivity contribution in [3.05, 3.63) is 83.0 Å². The maximum absolute atomic E-state index is 11.3. The van der Waals surface area contributed by atoms with Crippen molar-refractivity contribution in [2.24, 2.45) is 4.99 Å². The summed E-state index contributed by atoms with van der Waals surface area (Å²) >= 11 is 1.42. The van der Waals surface area contributed by atoms with Crippen LogP contribution in [-0.4, -0.2) is 23.5 Å². The molecule has 28 heavy (non-hydrogen) atoms.